The summed E-state index contributed by atoms with van der Waals surface area (Å²) in [6, 6.07) is -1.73. The number of nitrogens with two attached hydrogens (primary N) is 2. The van der Waals surface area contributed by atoms with E-state index < -0.39 is 24.0 Å². The molecular weight excluding hydrogens is 396 g/mol. The molecule has 0 spiro atoms. The van der Waals surface area contributed by atoms with E-state index in [-0.39, 0.29) is 47.6 Å². The van der Waals surface area contributed by atoms with Crippen molar-refractivity contribution >= 4 is 11.9 Å². The first-order valence-corrected chi connectivity index (χ1v) is 6.32. The van der Waals surface area contributed by atoms with E-state index in [9.17, 15) is 9.59 Å². The van der Waals surface area contributed by atoms with Gasteiger partial charge in [-0.3, -0.25) is 9.59 Å². The van der Waals surface area contributed by atoms with Crippen molar-refractivity contribution in [1.29, 1.82) is 0 Å². The van der Waals surface area contributed by atoms with E-state index in [0.29, 0.717) is 11.4 Å². The molecule has 0 aliphatic rings. The summed E-state index contributed by atoms with van der Waals surface area (Å²) in [4.78, 5) is 33.6. The molecule has 0 aliphatic heterocycles. The quantitative estimate of drug-likeness (QED) is 0.338. The van der Waals surface area contributed by atoms with Crippen molar-refractivity contribution in [3.63, 3.8) is 0 Å². The van der Waals surface area contributed by atoms with Crippen LogP contribution in [0.4, 0.5) is 0 Å². The third-order valence-corrected chi connectivity index (χ3v) is 2.60. The van der Waals surface area contributed by atoms with Crippen molar-refractivity contribution in [3.05, 3.63) is 36.4 Å². The van der Waals surface area contributed by atoms with Gasteiger partial charge < -0.3 is 31.6 Å². The number of aromatic amines is 2. The Morgan fingerprint density at radius 3 is 1.46 bits per heavy atom. The third-order valence-electron chi connectivity index (χ3n) is 2.60. The maximum atomic E-state index is 10.3. The monoisotopic (exact) mass is 414 g/mol. The number of nitrogens with one attached hydrogen (secondary N) is 2. The number of H-pyrrole nitrogens is 2. The Hall–Kier alpha value is -1.66. The van der Waals surface area contributed by atoms with Crippen molar-refractivity contribution < 1.29 is 54.5 Å². The summed E-state index contributed by atoms with van der Waals surface area (Å²) in [6.45, 7) is 0. The van der Waals surface area contributed by atoms with Gasteiger partial charge in [0.15, 0.2) is 0 Å². The summed E-state index contributed by atoms with van der Waals surface area (Å²) in [5, 5.41) is 16.8. The zero-order valence-corrected chi connectivity index (χ0v) is 15.0. The Morgan fingerprint density at radius 1 is 0.917 bits per heavy atom. The molecule has 0 saturated heterocycles. The van der Waals surface area contributed by atoms with Crippen molar-refractivity contribution in [2.45, 2.75) is 24.9 Å². The van der Waals surface area contributed by atoms with Gasteiger partial charge in [-0.05, 0) is 0 Å². The molecular formula is C12H18Cr2N6O4. The van der Waals surface area contributed by atoms with Gasteiger partial charge in [0, 0.05) is 60.0 Å². The van der Waals surface area contributed by atoms with E-state index in [2.05, 4.69) is 19.9 Å². The number of nitrogens with zero attached hydrogens (tertiary/aromatic N) is 2. The van der Waals surface area contributed by atoms with Crippen molar-refractivity contribution in [1.82, 2.24) is 19.9 Å². The predicted octanol–water partition coefficient (Wildman–Crippen LogP) is -1.28. The summed E-state index contributed by atoms with van der Waals surface area (Å²) in [6.07, 6.45) is 6.76. The minimum absolute atomic E-state index is 0. The number of carbonyl (C=O) groups is 2. The van der Waals surface area contributed by atoms with Crippen LogP contribution in [-0.4, -0.2) is 54.2 Å². The minimum Gasteiger partial charge on any atom is -0.480 e. The van der Waals surface area contributed by atoms with Crippen LogP contribution in [0.15, 0.2) is 25.0 Å². The molecule has 12 heteroatoms. The molecule has 0 aliphatic carbocycles. The van der Waals surface area contributed by atoms with Crippen LogP contribution in [0.3, 0.4) is 0 Å². The summed E-state index contributed by atoms with van der Waals surface area (Å²) >= 11 is 0. The van der Waals surface area contributed by atoms with Crippen LogP contribution in [0.1, 0.15) is 11.4 Å². The number of carboxylic acid groups (broad SMARTS) is 2. The molecule has 0 amide bonds. The topological polar surface area (TPSA) is 184 Å². The normalized spacial score (nSPS) is 11.8. The number of aliphatic carboxylic acids is 2. The predicted molar refractivity (Wildman–Crippen MR) is 75.8 cm³/mol. The third kappa shape index (κ3) is 9.48. The van der Waals surface area contributed by atoms with E-state index in [4.69, 9.17) is 21.7 Å². The molecule has 2 atom stereocenters. The van der Waals surface area contributed by atoms with Crippen LogP contribution >= 0.6 is 0 Å². The SMILES string of the molecule is N[C@@H](Cc1c[nH]cn1)C(=O)O.N[C@@H](Cc1c[nH]cn1)C(=O)O.[Cr].[Cr]. The average Bonchev–Trinajstić information content (AvgIpc) is 3.12. The Bertz CT molecular complexity index is 526. The molecule has 0 saturated carbocycles. The average molecular weight is 414 g/mol. The van der Waals surface area contributed by atoms with Crippen molar-refractivity contribution in [2.75, 3.05) is 0 Å². The van der Waals surface area contributed by atoms with Gasteiger partial charge in [-0.15, -0.1) is 0 Å². The maximum Gasteiger partial charge on any atom is 0.320 e. The molecule has 8 N–H and O–H groups in total. The number of hydrogen-bond acceptors (Lipinski definition) is 6. The van der Waals surface area contributed by atoms with Gasteiger partial charge in [-0.25, -0.2) is 9.97 Å². The van der Waals surface area contributed by atoms with E-state index in [0.717, 1.165) is 0 Å². The molecule has 2 aromatic rings. The minimum atomic E-state index is -1.01. The molecule has 2 heterocycles. The van der Waals surface area contributed by atoms with Crippen molar-refractivity contribution in [2.24, 2.45) is 11.5 Å². The molecule has 0 fully saturated rings. The van der Waals surface area contributed by atoms with Gasteiger partial charge in [0.2, 0.25) is 0 Å². The second-order valence-corrected chi connectivity index (χ2v) is 4.42. The van der Waals surface area contributed by atoms with Gasteiger partial charge in [-0.1, -0.05) is 0 Å². The van der Waals surface area contributed by atoms with Gasteiger partial charge in [0.05, 0.1) is 24.0 Å². The summed E-state index contributed by atoms with van der Waals surface area (Å²) in [5.41, 5.74) is 11.8. The largest absolute Gasteiger partial charge is 0.480 e. The molecule has 2 rings (SSSR count). The fourth-order valence-electron chi connectivity index (χ4n) is 1.43. The first kappa shape index (κ1) is 24.6. The fraction of sp³-hybridized carbons (Fsp3) is 0.333. The van der Waals surface area contributed by atoms with Gasteiger partial charge in [0.25, 0.3) is 0 Å². The number of imidazole rings is 2. The molecule has 132 valence electrons. The number of aromatic nitrogens is 4. The fourth-order valence-corrected chi connectivity index (χ4v) is 1.43. The van der Waals surface area contributed by atoms with Crippen LogP contribution in [-0.2, 0) is 57.2 Å². The van der Waals surface area contributed by atoms with Crippen LogP contribution in [0.25, 0.3) is 0 Å². The summed E-state index contributed by atoms with van der Waals surface area (Å²) in [5.74, 6) is -2.01. The maximum absolute atomic E-state index is 10.3. The Morgan fingerprint density at radius 2 is 1.25 bits per heavy atom. The zero-order chi connectivity index (χ0) is 16.5. The van der Waals surface area contributed by atoms with E-state index in [1.807, 2.05) is 0 Å². The second kappa shape index (κ2) is 12.7. The van der Waals surface area contributed by atoms with E-state index >= 15 is 0 Å². The van der Waals surface area contributed by atoms with E-state index in [1.54, 1.807) is 12.4 Å². The molecule has 0 unspecified atom stereocenters. The van der Waals surface area contributed by atoms with Gasteiger partial charge in [-0.2, -0.15) is 0 Å². The van der Waals surface area contributed by atoms with Crippen molar-refractivity contribution in [3.8, 4) is 0 Å². The van der Waals surface area contributed by atoms with Crippen LogP contribution < -0.4 is 11.5 Å². The van der Waals surface area contributed by atoms with Gasteiger partial charge >= 0.3 is 11.9 Å². The zero-order valence-electron chi connectivity index (χ0n) is 12.5. The number of rotatable bonds is 6. The number of hydrogen-bond donors (Lipinski definition) is 6. The molecule has 2 aromatic heterocycles. The Kier molecular flexibility index (Phi) is 13.0. The van der Waals surface area contributed by atoms with Crippen LogP contribution in [0, 0.1) is 0 Å². The number of carboxylic acids is 2. The molecule has 10 nitrogen and oxygen atoms in total. The molecule has 24 heavy (non-hydrogen) atoms. The molecule has 0 aromatic carbocycles. The smallest absolute Gasteiger partial charge is 0.320 e. The summed E-state index contributed by atoms with van der Waals surface area (Å²) in [7, 11) is 0. The second-order valence-electron chi connectivity index (χ2n) is 4.42. The van der Waals surface area contributed by atoms with Crippen LogP contribution in [0.5, 0.6) is 0 Å². The van der Waals surface area contributed by atoms with Gasteiger partial charge in [0.1, 0.15) is 12.1 Å². The first-order chi connectivity index (χ1) is 10.4. The van der Waals surface area contributed by atoms with E-state index in [1.165, 1.54) is 12.7 Å². The first-order valence-electron chi connectivity index (χ1n) is 6.32. The Balaban J connectivity index is 0. The molecule has 0 bridgehead atoms. The Labute approximate surface area is 159 Å². The van der Waals surface area contributed by atoms with Crippen LogP contribution in [0.2, 0.25) is 0 Å². The molecule has 0 radical (unpaired) electrons. The standard InChI is InChI=1S/2C6H9N3O2.2Cr/c2*7-5(6(10)11)1-4-2-8-3-9-4;;/h2*2-3,5H,1,7H2,(H,8,9)(H,10,11);;/t2*5-;;/m00../s1. The summed E-state index contributed by atoms with van der Waals surface area (Å²) < 4.78 is 0.